The number of aryl methyl sites for hydroxylation is 1. The molecule has 2 heterocycles. The van der Waals surface area contributed by atoms with Gasteiger partial charge in [-0.3, -0.25) is 4.98 Å². The van der Waals surface area contributed by atoms with E-state index in [0.29, 0.717) is 17.9 Å². The highest BCUT2D eigenvalue weighted by Gasteiger charge is 2.08. The van der Waals surface area contributed by atoms with Crippen LogP contribution in [0, 0.1) is 12.7 Å². The fourth-order valence-electron chi connectivity index (χ4n) is 2.20. The van der Waals surface area contributed by atoms with E-state index in [9.17, 15) is 9.18 Å². The summed E-state index contributed by atoms with van der Waals surface area (Å²) < 4.78 is 15.1. The zero-order valence-electron chi connectivity index (χ0n) is 13.0. The van der Waals surface area contributed by atoms with Gasteiger partial charge in [0.15, 0.2) is 0 Å². The molecule has 0 saturated heterocycles. The Morgan fingerprint density at radius 3 is 2.88 bits per heavy atom. The molecule has 2 N–H and O–H groups in total. The Balaban J connectivity index is 1.62. The van der Waals surface area contributed by atoms with Crippen LogP contribution in [-0.4, -0.2) is 20.8 Å². The summed E-state index contributed by atoms with van der Waals surface area (Å²) in [7, 11) is 0. The number of benzene rings is 1. The van der Waals surface area contributed by atoms with Gasteiger partial charge in [0.2, 0.25) is 0 Å². The molecule has 6 nitrogen and oxygen atoms in total. The first kappa shape index (κ1) is 15.7. The van der Waals surface area contributed by atoms with Gasteiger partial charge in [0, 0.05) is 6.20 Å². The summed E-state index contributed by atoms with van der Waals surface area (Å²) in [5.41, 5.74) is 2.59. The summed E-state index contributed by atoms with van der Waals surface area (Å²) in [6.45, 7) is 2.25. The lowest BCUT2D eigenvalue weighted by Gasteiger charge is -2.07. The van der Waals surface area contributed by atoms with E-state index < -0.39 is 0 Å². The van der Waals surface area contributed by atoms with Crippen LogP contribution in [0.1, 0.15) is 11.3 Å². The van der Waals surface area contributed by atoms with E-state index in [1.54, 1.807) is 30.6 Å². The van der Waals surface area contributed by atoms with Gasteiger partial charge >= 0.3 is 6.03 Å². The predicted molar refractivity (Wildman–Crippen MR) is 88.4 cm³/mol. The van der Waals surface area contributed by atoms with Gasteiger partial charge in [-0.1, -0.05) is 18.2 Å². The molecule has 0 aliphatic carbocycles. The summed E-state index contributed by atoms with van der Waals surface area (Å²) in [5.74, 6) is -0.387. The molecule has 3 aromatic rings. The summed E-state index contributed by atoms with van der Waals surface area (Å²) in [6.07, 6.45) is 4.68. The van der Waals surface area contributed by atoms with Crippen molar-refractivity contribution in [3.8, 4) is 5.69 Å². The predicted octanol–water partition coefficient (Wildman–Crippen LogP) is 3.04. The number of hydrogen-bond acceptors (Lipinski definition) is 3. The quantitative estimate of drug-likeness (QED) is 0.774. The number of rotatable bonds is 4. The molecular weight excluding hydrogens is 309 g/mol. The minimum atomic E-state index is -0.387. The molecule has 7 heteroatoms. The third kappa shape index (κ3) is 3.57. The number of hydrogen-bond donors (Lipinski definition) is 2. The smallest absolute Gasteiger partial charge is 0.319 e. The SMILES string of the molecule is Cc1cccnc1CNC(=O)Nc1cnn(-c2ccccc2F)c1. The Morgan fingerprint density at radius 2 is 2.08 bits per heavy atom. The molecule has 1 aromatic carbocycles. The number of pyridine rings is 1. The van der Waals surface area contributed by atoms with Crippen molar-refractivity contribution in [3.05, 3.63) is 72.1 Å². The van der Waals surface area contributed by atoms with Crippen LogP contribution in [0.5, 0.6) is 0 Å². The Hall–Kier alpha value is -3.22. The zero-order valence-corrected chi connectivity index (χ0v) is 13.0. The maximum absolute atomic E-state index is 13.7. The van der Waals surface area contributed by atoms with Crippen LogP contribution in [-0.2, 0) is 6.54 Å². The summed E-state index contributed by atoms with van der Waals surface area (Å²) >= 11 is 0. The van der Waals surface area contributed by atoms with Gasteiger partial charge in [0.05, 0.1) is 30.3 Å². The molecule has 0 saturated carbocycles. The van der Waals surface area contributed by atoms with Gasteiger partial charge in [-0.2, -0.15) is 5.10 Å². The van der Waals surface area contributed by atoms with E-state index in [-0.39, 0.29) is 11.8 Å². The second-order valence-electron chi connectivity index (χ2n) is 5.20. The van der Waals surface area contributed by atoms with Crippen molar-refractivity contribution in [3.63, 3.8) is 0 Å². The van der Waals surface area contributed by atoms with Crippen LogP contribution in [0.2, 0.25) is 0 Å². The Morgan fingerprint density at radius 1 is 1.25 bits per heavy atom. The Labute approximate surface area is 138 Å². The maximum atomic E-state index is 13.7. The lowest BCUT2D eigenvalue weighted by Crippen LogP contribution is -2.28. The van der Waals surface area contributed by atoms with Crippen molar-refractivity contribution in [2.75, 3.05) is 5.32 Å². The minimum Gasteiger partial charge on any atom is -0.332 e. The molecule has 0 aliphatic rings. The lowest BCUT2D eigenvalue weighted by atomic mass is 10.2. The Bertz CT molecular complexity index is 861. The monoisotopic (exact) mass is 325 g/mol. The van der Waals surface area contributed by atoms with E-state index in [1.165, 1.54) is 16.9 Å². The number of aromatic nitrogens is 3. The number of anilines is 1. The molecule has 0 bridgehead atoms. The highest BCUT2D eigenvalue weighted by Crippen LogP contribution is 2.14. The third-order valence-electron chi connectivity index (χ3n) is 3.47. The molecule has 3 rings (SSSR count). The molecule has 2 amide bonds. The fourth-order valence-corrected chi connectivity index (χ4v) is 2.20. The van der Waals surface area contributed by atoms with Gasteiger partial charge in [-0.05, 0) is 30.7 Å². The third-order valence-corrected chi connectivity index (χ3v) is 3.47. The molecule has 24 heavy (non-hydrogen) atoms. The molecule has 2 aromatic heterocycles. The van der Waals surface area contributed by atoms with Crippen molar-refractivity contribution in [2.24, 2.45) is 0 Å². The number of amides is 2. The first-order chi connectivity index (χ1) is 11.6. The molecule has 0 fully saturated rings. The normalized spacial score (nSPS) is 10.4. The molecule has 0 unspecified atom stereocenters. The topological polar surface area (TPSA) is 71.8 Å². The van der Waals surface area contributed by atoms with Crippen molar-refractivity contribution >= 4 is 11.7 Å². The first-order valence-corrected chi connectivity index (χ1v) is 7.38. The number of halogens is 1. The Kier molecular flexibility index (Phi) is 4.51. The van der Waals surface area contributed by atoms with E-state index in [0.717, 1.165) is 11.3 Å². The highest BCUT2D eigenvalue weighted by molar-refractivity contribution is 5.88. The number of carbonyl (C=O) groups excluding carboxylic acids is 1. The van der Waals surface area contributed by atoms with Crippen molar-refractivity contribution in [2.45, 2.75) is 13.5 Å². The molecule has 122 valence electrons. The average molecular weight is 325 g/mol. The molecular formula is C17H16FN5O. The van der Waals surface area contributed by atoms with Gasteiger partial charge in [0.1, 0.15) is 11.5 Å². The number of carbonyl (C=O) groups is 1. The van der Waals surface area contributed by atoms with Crippen LogP contribution in [0.3, 0.4) is 0 Å². The number of urea groups is 1. The molecule has 0 radical (unpaired) electrons. The van der Waals surface area contributed by atoms with Crippen LogP contribution in [0.25, 0.3) is 5.69 Å². The summed E-state index contributed by atoms with van der Waals surface area (Å²) in [6, 6.07) is 9.68. The summed E-state index contributed by atoms with van der Waals surface area (Å²) in [5, 5.41) is 9.44. The second-order valence-corrected chi connectivity index (χ2v) is 5.20. The van der Waals surface area contributed by atoms with Crippen LogP contribution >= 0.6 is 0 Å². The largest absolute Gasteiger partial charge is 0.332 e. The van der Waals surface area contributed by atoms with Gasteiger partial charge in [0.25, 0.3) is 0 Å². The van der Waals surface area contributed by atoms with Gasteiger partial charge in [-0.15, -0.1) is 0 Å². The van der Waals surface area contributed by atoms with E-state index in [2.05, 4.69) is 20.7 Å². The van der Waals surface area contributed by atoms with E-state index in [1.807, 2.05) is 19.1 Å². The van der Waals surface area contributed by atoms with Gasteiger partial charge < -0.3 is 10.6 Å². The van der Waals surface area contributed by atoms with E-state index >= 15 is 0 Å². The van der Waals surface area contributed by atoms with Crippen molar-refractivity contribution in [1.82, 2.24) is 20.1 Å². The fraction of sp³-hybridized carbons (Fsp3) is 0.118. The summed E-state index contributed by atoms with van der Waals surface area (Å²) in [4.78, 5) is 16.2. The lowest BCUT2D eigenvalue weighted by molar-refractivity contribution is 0.251. The van der Waals surface area contributed by atoms with Crippen LogP contribution in [0.15, 0.2) is 55.0 Å². The van der Waals surface area contributed by atoms with Crippen molar-refractivity contribution in [1.29, 1.82) is 0 Å². The van der Waals surface area contributed by atoms with Crippen molar-refractivity contribution < 1.29 is 9.18 Å². The number of nitrogens with zero attached hydrogens (tertiary/aromatic N) is 3. The minimum absolute atomic E-state index is 0.315. The molecule has 0 aliphatic heterocycles. The molecule has 0 spiro atoms. The van der Waals surface area contributed by atoms with Crippen LogP contribution < -0.4 is 10.6 Å². The second kappa shape index (κ2) is 6.91. The van der Waals surface area contributed by atoms with E-state index in [4.69, 9.17) is 0 Å². The van der Waals surface area contributed by atoms with Crippen LogP contribution in [0.4, 0.5) is 14.9 Å². The van der Waals surface area contributed by atoms with Gasteiger partial charge in [-0.25, -0.2) is 13.9 Å². The average Bonchev–Trinajstić information content (AvgIpc) is 3.03. The highest BCUT2D eigenvalue weighted by atomic mass is 19.1. The first-order valence-electron chi connectivity index (χ1n) is 7.38. The zero-order chi connectivity index (χ0) is 16.9. The maximum Gasteiger partial charge on any atom is 0.319 e. The number of nitrogens with one attached hydrogen (secondary N) is 2. The standard InChI is InChI=1S/C17H16FN5O/c1-12-5-4-8-19-15(12)10-20-17(24)22-13-9-21-23(11-13)16-7-3-2-6-14(16)18/h2-9,11H,10H2,1H3,(H2,20,22,24). The molecule has 0 atom stereocenters. The number of para-hydroxylation sites is 1.